The number of aliphatic imine (C=N–C) groups is 1. The van der Waals surface area contributed by atoms with Gasteiger partial charge in [0.1, 0.15) is 5.78 Å². The number of hydrogen-bond acceptors (Lipinski definition) is 5. The third kappa shape index (κ3) is 4.17. The lowest BCUT2D eigenvalue weighted by Crippen LogP contribution is -2.38. The molecule has 1 aliphatic heterocycles. The zero-order chi connectivity index (χ0) is 28.1. The molecule has 3 atom stereocenters. The highest BCUT2D eigenvalue weighted by molar-refractivity contribution is 6.12. The van der Waals surface area contributed by atoms with Gasteiger partial charge in [0.15, 0.2) is 11.5 Å². The van der Waals surface area contributed by atoms with Crippen molar-refractivity contribution in [1.82, 2.24) is 4.57 Å². The van der Waals surface area contributed by atoms with E-state index in [0.717, 1.165) is 34.8 Å². The molecule has 2 aliphatic rings. The van der Waals surface area contributed by atoms with Gasteiger partial charge in [0, 0.05) is 40.5 Å². The van der Waals surface area contributed by atoms with E-state index in [9.17, 15) is 4.79 Å². The van der Waals surface area contributed by atoms with Crippen molar-refractivity contribution in [2.24, 2.45) is 10.9 Å². The highest BCUT2D eigenvalue weighted by Crippen LogP contribution is 2.45. The fourth-order valence-electron chi connectivity index (χ4n) is 6.82. The van der Waals surface area contributed by atoms with E-state index in [4.69, 9.17) is 14.5 Å². The predicted molar refractivity (Wildman–Crippen MR) is 165 cm³/mol. The summed E-state index contributed by atoms with van der Waals surface area (Å²) in [6.45, 7) is 3.08. The van der Waals surface area contributed by atoms with Gasteiger partial charge in [0.05, 0.1) is 37.6 Å². The molecule has 0 amide bonds. The standard InChI is InChI=1S/C35H33N3O3/c1-4-38-29-12-8-5-9-24(29)25-17-22(13-15-30(25)38)35-34-28(36-26-10-6-7-11-27(26)37-35)18-23(19-31(34)39)21-14-16-32(40-2)33(20-21)41-3/h5-17,20,23,34-35,37H,4,18-19H2,1-3H3. The van der Waals surface area contributed by atoms with Crippen molar-refractivity contribution >= 4 is 44.7 Å². The quantitative estimate of drug-likeness (QED) is 0.245. The summed E-state index contributed by atoms with van der Waals surface area (Å²) >= 11 is 0. The first-order valence-electron chi connectivity index (χ1n) is 14.3. The van der Waals surface area contributed by atoms with E-state index < -0.39 is 0 Å². The molecule has 1 aliphatic carbocycles. The molecular weight excluding hydrogens is 510 g/mol. The van der Waals surface area contributed by atoms with Gasteiger partial charge in [-0.15, -0.1) is 0 Å². The van der Waals surface area contributed by atoms with Crippen molar-refractivity contribution in [2.45, 2.75) is 38.3 Å². The molecule has 2 heterocycles. The fraction of sp³-hybridized carbons (Fsp3) is 0.257. The van der Waals surface area contributed by atoms with Crippen LogP contribution in [0, 0.1) is 5.92 Å². The van der Waals surface area contributed by atoms with E-state index in [1.807, 2.05) is 36.4 Å². The van der Waals surface area contributed by atoms with E-state index in [1.54, 1.807) is 14.2 Å². The summed E-state index contributed by atoms with van der Waals surface area (Å²) in [6.07, 6.45) is 1.15. The molecule has 7 rings (SSSR count). The maximum Gasteiger partial charge on any atom is 0.160 e. The second-order valence-corrected chi connectivity index (χ2v) is 10.9. The molecule has 5 aromatic rings. The number of nitrogens with zero attached hydrogens (tertiary/aromatic N) is 2. The van der Waals surface area contributed by atoms with Crippen LogP contribution in [0.3, 0.4) is 0 Å². The van der Waals surface area contributed by atoms with Gasteiger partial charge in [0.2, 0.25) is 0 Å². The minimum Gasteiger partial charge on any atom is -0.493 e. The molecule has 206 valence electrons. The van der Waals surface area contributed by atoms with Crippen LogP contribution in [0.1, 0.15) is 42.9 Å². The summed E-state index contributed by atoms with van der Waals surface area (Å²) in [7, 11) is 3.27. The van der Waals surface area contributed by atoms with Crippen molar-refractivity contribution in [3.63, 3.8) is 0 Å². The molecule has 6 nitrogen and oxygen atoms in total. The van der Waals surface area contributed by atoms with Crippen LogP contribution in [0.25, 0.3) is 21.8 Å². The van der Waals surface area contributed by atoms with Crippen LogP contribution in [-0.4, -0.2) is 30.3 Å². The van der Waals surface area contributed by atoms with E-state index in [1.165, 1.54) is 21.8 Å². The van der Waals surface area contributed by atoms with E-state index in [0.29, 0.717) is 24.3 Å². The molecule has 3 unspecified atom stereocenters. The highest BCUT2D eigenvalue weighted by atomic mass is 16.5. The number of aromatic nitrogens is 1. The molecule has 6 heteroatoms. The predicted octanol–water partition coefficient (Wildman–Crippen LogP) is 7.83. The van der Waals surface area contributed by atoms with Crippen LogP contribution in [-0.2, 0) is 11.3 Å². The van der Waals surface area contributed by atoms with Gasteiger partial charge < -0.3 is 19.4 Å². The molecule has 0 radical (unpaired) electrons. The Morgan fingerprint density at radius 3 is 2.41 bits per heavy atom. The van der Waals surface area contributed by atoms with Gasteiger partial charge in [0.25, 0.3) is 0 Å². The van der Waals surface area contributed by atoms with Gasteiger partial charge in [-0.3, -0.25) is 9.79 Å². The van der Waals surface area contributed by atoms with Gasteiger partial charge in [-0.05, 0) is 72.9 Å². The second-order valence-electron chi connectivity index (χ2n) is 10.9. The number of para-hydroxylation sites is 3. The Morgan fingerprint density at radius 1 is 0.829 bits per heavy atom. The summed E-state index contributed by atoms with van der Waals surface area (Å²) in [4.78, 5) is 19.3. The zero-order valence-corrected chi connectivity index (χ0v) is 23.6. The first-order valence-corrected chi connectivity index (χ1v) is 14.3. The molecular formula is C35H33N3O3. The summed E-state index contributed by atoms with van der Waals surface area (Å²) < 4.78 is 13.4. The number of aryl methyl sites for hydroxylation is 1. The Labute approximate surface area is 239 Å². The van der Waals surface area contributed by atoms with E-state index in [2.05, 4.69) is 65.3 Å². The Hall–Kier alpha value is -4.58. The Kier molecular flexibility index (Phi) is 6.26. The number of ether oxygens (including phenoxy) is 2. The average molecular weight is 544 g/mol. The van der Waals surface area contributed by atoms with Gasteiger partial charge >= 0.3 is 0 Å². The van der Waals surface area contributed by atoms with E-state index in [-0.39, 0.29) is 23.7 Å². The second kappa shape index (κ2) is 10.1. The minimum absolute atomic E-state index is 0.0215. The lowest BCUT2D eigenvalue weighted by molar-refractivity contribution is -0.122. The van der Waals surface area contributed by atoms with E-state index >= 15 is 0 Å². The molecule has 0 saturated heterocycles. The van der Waals surface area contributed by atoms with Crippen molar-refractivity contribution in [3.8, 4) is 11.5 Å². The number of anilines is 1. The van der Waals surface area contributed by atoms with Crippen molar-refractivity contribution in [2.75, 3.05) is 19.5 Å². The number of carbonyl (C=O) groups is 1. The zero-order valence-electron chi connectivity index (χ0n) is 23.6. The Bertz CT molecular complexity index is 1840. The number of benzene rings is 4. The third-order valence-electron chi connectivity index (χ3n) is 8.77. The fourth-order valence-corrected chi connectivity index (χ4v) is 6.82. The van der Waals surface area contributed by atoms with Crippen molar-refractivity contribution in [1.29, 1.82) is 0 Å². The monoisotopic (exact) mass is 543 g/mol. The lowest BCUT2D eigenvalue weighted by Gasteiger charge is -2.34. The number of methoxy groups -OCH3 is 2. The van der Waals surface area contributed by atoms with Crippen LogP contribution >= 0.6 is 0 Å². The molecule has 1 N–H and O–H groups in total. The van der Waals surface area contributed by atoms with Gasteiger partial charge in [-0.2, -0.15) is 0 Å². The minimum atomic E-state index is -0.351. The van der Waals surface area contributed by atoms with Gasteiger partial charge in [-0.1, -0.05) is 42.5 Å². The highest BCUT2D eigenvalue weighted by Gasteiger charge is 2.42. The number of carbonyl (C=O) groups excluding carboxylic acids is 1. The Balaban J connectivity index is 1.33. The molecule has 41 heavy (non-hydrogen) atoms. The average Bonchev–Trinajstić information content (AvgIpc) is 3.22. The number of Topliss-reactive ketones (excluding diaryl/α,β-unsaturated/α-hetero) is 1. The van der Waals surface area contributed by atoms with Crippen LogP contribution in [0.15, 0.2) is 89.9 Å². The summed E-state index contributed by atoms with van der Waals surface area (Å²) in [5.74, 6) is 1.23. The molecule has 1 aromatic heterocycles. The number of nitrogens with one attached hydrogen (secondary N) is 1. The summed E-state index contributed by atoms with van der Waals surface area (Å²) in [5.41, 5.74) is 7.36. The largest absolute Gasteiger partial charge is 0.493 e. The number of fused-ring (bicyclic) bond motifs is 5. The topological polar surface area (TPSA) is 64.8 Å². The summed E-state index contributed by atoms with van der Waals surface area (Å²) in [6, 6.07) is 29.1. The maximum absolute atomic E-state index is 14.1. The number of ketones is 1. The Morgan fingerprint density at radius 2 is 1.59 bits per heavy atom. The number of hydrogen-bond donors (Lipinski definition) is 1. The molecule has 0 bridgehead atoms. The van der Waals surface area contributed by atoms with Crippen LogP contribution in [0.5, 0.6) is 11.5 Å². The first kappa shape index (κ1) is 25.4. The summed E-state index contributed by atoms with van der Waals surface area (Å²) in [5, 5.41) is 6.19. The van der Waals surface area contributed by atoms with Crippen molar-refractivity contribution < 1.29 is 14.3 Å². The third-order valence-corrected chi connectivity index (χ3v) is 8.77. The van der Waals surface area contributed by atoms with Crippen LogP contribution in [0.4, 0.5) is 11.4 Å². The SMILES string of the molecule is CCn1c2ccccc2c2cc(C3Nc4ccccc4N=C4CC(c5ccc(OC)c(OC)c5)CC(=O)C43)ccc21. The van der Waals surface area contributed by atoms with Crippen molar-refractivity contribution in [3.05, 3.63) is 96.1 Å². The molecule has 4 aromatic carbocycles. The van der Waals surface area contributed by atoms with Crippen LogP contribution in [0.2, 0.25) is 0 Å². The smallest absolute Gasteiger partial charge is 0.160 e. The van der Waals surface area contributed by atoms with Crippen LogP contribution < -0.4 is 14.8 Å². The van der Waals surface area contributed by atoms with Gasteiger partial charge in [-0.25, -0.2) is 0 Å². The maximum atomic E-state index is 14.1. The molecule has 1 fully saturated rings. The lowest BCUT2D eigenvalue weighted by atomic mass is 9.72. The molecule has 1 saturated carbocycles. The normalized spacial score (nSPS) is 20.1. The number of rotatable bonds is 5. The first-order chi connectivity index (χ1) is 20.1. The molecule has 0 spiro atoms.